The predicted octanol–water partition coefficient (Wildman–Crippen LogP) is 2.94. The van der Waals surface area contributed by atoms with E-state index in [4.69, 9.17) is 4.74 Å². The summed E-state index contributed by atoms with van der Waals surface area (Å²) in [5.74, 6) is 1.63. The van der Waals surface area contributed by atoms with Crippen molar-refractivity contribution >= 4 is 5.91 Å². The summed E-state index contributed by atoms with van der Waals surface area (Å²) >= 11 is 0. The average molecular weight is 261 g/mol. The minimum Gasteiger partial charge on any atom is -0.484 e. The predicted molar refractivity (Wildman–Crippen MR) is 76.4 cm³/mol. The third-order valence-corrected chi connectivity index (χ3v) is 3.69. The fourth-order valence-corrected chi connectivity index (χ4v) is 2.51. The van der Waals surface area contributed by atoms with Crippen LogP contribution in [0.15, 0.2) is 18.2 Å². The minimum absolute atomic E-state index is 0.103. The molecular formula is C16H23NO2. The SMILES string of the molecule is Cc1cc(C)cc(OCC(=O)N2CCC(C)CC2)c1. The van der Waals surface area contributed by atoms with Crippen molar-refractivity contribution in [2.24, 2.45) is 5.92 Å². The summed E-state index contributed by atoms with van der Waals surface area (Å²) in [7, 11) is 0. The second kappa shape index (κ2) is 6.09. The van der Waals surface area contributed by atoms with Gasteiger partial charge in [0.15, 0.2) is 6.61 Å². The second-order valence-corrected chi connectivity index (χ2v) is 5.68. The monoisotopic (exact) mass is 261 g/mol. The van der Waals surface area contributed by atoms with Crippen LogP contribution in [0.25, 0.3) is 0 Å². The molecule has 0 saturated carbocycles. The summed E-state index contributed by atoms with van der Waals surface area (Å²) in [6.07, 6.45) is 2.21. The van der Waals surface area contributed by atoms with E-state index >= 15 is 0 Å². The molecule has 0 spiro atoms. The molecule has 1 amide bonds. The Labute approximate surface area is 115 Å². The number of likely N-dealkylation sites (tertiary alicyclic amines) is 1. The van der Waals surface area contributed by atoms with Crippen LogP contribution in [0.2, 0.25) is 0 Å². The van der Waals surface area contributed by atoms with Gasteiger partial charge >= 0.3 is 0 Å². The maximum atomic E-state index is 12.0. The zero-order chi connectivity index (χ0) is 13.8. The van der Waals surface area contributed by atoms with Gasteiger partial charge in [0.25, 0.3) is 5.91 Å². The van der Waals surface area contributed by atoms with E-state index in [2.05, 4.69) is 13.0 Å². The molecule has 0 radical (unpaired) electrons. The molecular weight excluding hydrogens is 238 g/mol. The molecule has 1 aliphatic heterocycles. The fraction of sp³-hybridized carbons (Fsp3) is 0.562. The van der Waals surface area contributed by atoms with E-state index in [9.17, 15) is 4.79 Å². The van der Waals surface area contributed by atoms with Gasteiger partial charge in [0, 0.05) is 13.1 Å². The van der Waals surface area contributed by atoms with Gasteiger partial charge in [-0.25, -0.2) is 0 Å². The number of benzene rings is 1. The van der Waals surface area contributed by atoms with E-state index in [1.54, 1.807) is 0 Å². The number of hydrogen-bond acceptors (Lipinski definition) is 2. The van der Waals surface area contributed by atoms with Gasteiger partial charge in [0.2, 0.25) is 0 Å². The van der Waals surface area contributed by atoms with E-state index in [0.29, 0.717) is 0 Å². The van der Waals surface area contributed by atoms with Gasteiger partial charge in [-0.3, -0.25) is 4.79 Å². The van der Waals surface area contributed by atoms with Crippen LogP contribution in [-0.2, 0) is 4.79 Å². The summed E-state index contributed by atoms with van der Waals surface area (Å²) in [5.41, 5.74) is 2.32. The molecule has 1 heterocycles. The Morgan fingerprint density at radius 2 is 1.79 bits per heavy atom. The quantitative estimate of drug-likeness (QED) is 0.837. The number of carbonyl (C=O) groups excluding carboxylic acids is 1. The highest BCUT2D eigenvalue weighted by Crippen LogP contribution is 2.18. The van der Waals surface area contributed by atoms with Crippen molar-refractivity contribution in [2.75, 3.05) is 19.7 Å². The van der Waals surface area contributed by atoms with Gasteiger partial charge in [0.1, 0.15) is 5.75 Å². The number of carbonyl (C=O) groups is 1. The lowest BCUT2D eigenvalue weighted by atomic mass is 9.99. The lowest BCUT2D eigenvalue weighted by Crippen LogP contribution is -2.40. The van der Waals surface area contributed by atoms with Crippen molar-refractivity contribution < 1.29 is 9.53 Å². The fourth-order valence-electron chi connectivity index (χ4n) is 2.51. The maximum absolute atomic E-state index is 12.0. The van der Waals surface area contributed by atoms with Crippen LogP contribution in [0, 0.1) is 19.8 Å². The Balaban J connectivity index is 1.86. The molecule has 3 nitrogen and oxygen atoms in total. The van der Waals surface area contributed by atoms with Gasteiger partial charge in [-0.1, -0.05) is 13.0 Å². The maximum Gasteiger partial charge on any atom is 0.260 e. The van der Waals surface area contributed by atoms with Crippen molar-refractivity contribution in [3.63, 3.8) is 0 Å². The largest absolute Gasteiger partial charge is 0.484 e. The summed E-state index contributed by atoms with van der Waals surface area (Å²) in [5, 5.41) is 0. The Bertz CT molecular complexity index is 428. The number of piperidine rings is 1. The molecule has 104 valence electrons. The molecule has 3 heteroatoms. The van der Waals surface area contributed by atoms with Crippen molar-refractivity contribution in [2.45, 2.75) is 33.6 Å². The minimum atomic E-state index is 0.103. The average Bonchev–Trinajstić information content (AvgIpc) is 2.36. The molecule has 1 saturated heterocycles. The summed E-state index contributed by atoms with van der Waals surface area (Å²) in [6, 6.07) is 6.04. The summed E-state index contributed by atoms with van der Waals surface area (Å²) in [6.45, 7) is 8.21. The first kappa shape index (κ1) is 13.9. The van der Waals surface area contributed by atoms with E-state index in [0.717, 1.165) is 48.7 Å². The number of aryl methyl sites for hydroxylation is 2. The van der Waals surface area contributed by atoms with Crippen molar-refractivity contribution in [3.05, 3.63) is 29.3 Å². The lowest BCUT2D eigenvalue weighted by molar-refractivity contribution is -0.134. The molecule has 1 aliphatic rings. The smallest absolute Gasteiger partial charge is 0.260 e. The zero-order valence-corrected chi connectivity index (χ0v) is 12.1. The second-order valence-electron chi connectivity index (χ2n) is 5.68. The Kier molecular flexibility index (Phi) is 4.46. The first-order valence-corrected chi connectivity index (χ1v) is 7.03. The van der Waals surface area contributed by atoms with Gasteiger partial charge < -0.3 is 9.64 Å². The first-order chi connectivity index (χ1) is 9.04. The molecule has 0 N–H and O–H groups in total. The lowest BCUT2D eigenvalue weighted by Gasteiger charge is -2.30. The van der Waals surface area contributed by atoms with Crippen LogP contribution < -0.4 is 4.74 Å². The highest BCUT2D eigenvalue weighted by Gasteiger charge is 2.20. The molecule has 0 bridgehead atoms. The molecule has 0 unspecified atom stereocenters. The molecule has 1 aromatic rings. The van der Waals surface area contributed by atoms with Crippen molar-refractivity contribution in [1.29, 1.82) is 0 Å². The van der Waals surface area contributed by atoms with Crippen LogP contribution in [0.5, 0.6) is 5.75 Å². The highest BCUT2D eigenvalue weighted by molar-refractivity contribution is 5.77. The molecule has 0 atom stereocenters. The Morgan fingerprint density at radius 1 is 1.21 bits per heavy atom. The number of rotatable bonds is 3. The van der Waals surface area contributed by atoms with Crippen LogP contribution >= 0.6 is 0 Å². The summed E-state index contributed by atoms with van der Waals surface area (Å²) < 4.78 is 5.62. The number of hydrogen-bond donors (Lipinski definition) is 0. The topological polar surface area (TPSA) is 29.5 Å². The molecule has 0 aromatic heterocycles. The number of amides is 1. The molecule has 19 heavy (non-hydrogen) atoms. The van der Waals surface area contributed by atoms with Crippen LogP contribution in [0.1, 0.15) is 30.9 Å². The van der Waals surface area contributed by atoms with Gasteiger partial charge in [0.05, 0.1) is 0 Å². The van der Waals surface area contributed by atoms with Gasteiger partial charge in [-0.05, 0) is 55.9 Å². The first-order valence-electron chi connectivity index (χ1n) is 7.03. The molecule has 2 rings (SSSR count). The highest BCUT2D eigenvalue weighted by atomic mass is 16.5. The standard InChI is InChI=1S/C16H23NO2/c1-12-4-6-17(7-5-12)16(18)11-19-15-9-13(2)8-14(3)10-15/h8-10,12H,4-7,11H2,1-3H3. The number of nitrogens with zero attached hydrogens (tertiary/aromatic N) is 1. The van der Waals surface area contributed by atoms with Crippen LogP contribution in [-0.4, -0.2) is 30.5 Å². The van der Waals surface area contributed by atoms with E-state index in [1.165, 1.54) is 0 Å². The zero-order valence-electron chi connectivity index (χ0n) is 12.1. The third-order valence-electron chi connectivity index (χ3n) is 3.69. The van der Waals surface area contributed by atoms with E-state index in [-0.39, 0.29) is 12.5 Å². The van der Waals surface area contributed by atoms with Gasteiger partial charge in [-0.15, -0.1) is 0 Å². The molecule has 1 fully saturated rings. The Hall–Kier alpha value is -1.51. The summed E-state index contributed by atoms with van der Waals surface area (Å²) in [4.78, 5) is 14.0. The van der Waals surface area contributed by atoms with Crippen LogP contribution in [0.3, 0.4) is 0 Å². The van der Waals surface area contributed by atoms with E-state index < -0.39 is 0 Å². The third kappa shape index (κ3) is 3.98. The van der Waals surface area contributed by atoms with Gasteiger partial charge in [-0.2, -0.15) is 0 Å². The molecule has 0 aliphatic carbocycles. The Morgan fingerprint density at radius 3 is 2.37 bits per heavy atom. The van der Waals surface area contributed by atoms with E-state index in [1.807, 2.05) is 30.9 Å². The number of ether oxygens (including phenoxy) is 1. The normalized spacial score (nSPS) is 16.5. The van der Waals surface area contributed by atoms with Crippen LogP contribution in [0.4, 0.5) is 0 Å². The molecule has 1 aromatic carbocycles. The van der Waals surface area contributed by atoms with Crippen molar-refractivity contribution in [3.8, 4) is 5.75 Å². The van der Waals surface area contributed by atoms with Crippen molar-refractivity contribution in [1.82, 2.24) is 4.90 Å².